The highest BCUT2D eigenvalue weighted by atomic mass is 16.5. The lowest BCUT2D eigenvalue weighted by molar-refractivity contribution is 0.0765. The van der Waals surface area contributed by atoms with Crippen LogP contribution in [-0.2, 0) is 4.74 Å². The van der Waals surface area contributed by atoms with Crippen LogP contribution in [0.2, 0.25) is 0 Å². The molecule has 0 heterocycles. The number of allylic oxidation sites excluding steroid dienone is 2. The van der Waals surface area contributed by atoms with Crippen LogP contribution >= 0.6 is 0 Å². The summed E-state index contributed by atoms with van der Waals surface area (Å²) in [7, 11) is 0. The van der Waals surface area contributed by atoms with Gasteiger partial charge in [-0.2, -0.15) is 0 Å². The molecule has 0 amide bonds. The number of hydrogen-bond donors (Lipinski definition) is 0. The lowest BCUT2D eigenvalue weighted by atomic mass is 9.85. The van der Waals surface area contributed by atoms with Crippen LogP contribution < -0.4 is 0 Å². The molecule has 88 valence electrons. The van der Waals surface area contributed by atoms with Crippen molar-refractivity contribution in [1.82, 2.24) is 0 Å². The Bertz CT molecular complexity index is 174. The van der Waals surface area contributed by atoms with Gasteiger partial charge in [-0.1, -0.05) is 45.3 Å². The summed E-state index contributed by atoms with van der Waals surface area (Å²) in [4.78, 5) is 0. The Morgan fingerprint density at radius 3 is 2.67 bits per heavy atom. The van der Waals surface area contributed by atoms with Crippen molar-refractivity contribution >= 4 is 0 Å². The van der Waals surface area contributed by atoms with Crippen LogP contribution in [-0.4, -0.2) is 13.2 Å². The topological polar surface area (TPSA) is 9.23 Å². The average Bonchev–Trinajstić information content (AvgIpc) is 2.25. The van der Waals surface area contributed by atoms with Gasteiger partial charge in [0.15, 0.2) is 0 Å². The fourth-order valence-corrected chi connectivity index (χ4v) is 2.10. The van der Waals surface area contributed by atoms with E-state index in [1.54, 1.807) is 0 Å². The van der Waals surface area contributed by atoms with Gasteiger partial charge in [-0.15, -0.1) is 0 Å². The predicted molar refractivity (Wildman–Crippen MR) is 66.0 cm³/mol. The minimum absolute atomic E-state index is 0.765. The predicted octanol–water partition coefficient (Wildman–Crippen LogP) is 4.19. The van der Waals surface area contributed by atoms with Crippen molar-refractivity contribution in [1.29, 1.82) is 0 Å². The molecular formula is C14H26O. The highest BCUT2D eigenvalue weighted by Gasteiger charge is 2.17. The van der Waals surface area contributed by atoms with Crippen LogP contribution in [0.25, 0.3) is 0 Å². The van der Waals surface area contributed by atoms with Crippen LogP contribution in [0.15, 0.2) is 12.2 Å². The molecule has 0 saturated carbocycles. The fraction of sp³-hybridized carbons (Fsp3) is 0.857. The van der Waals surface area contributed by atoms with Gasteiger partial charge in [0.2, 0.25) is 0 Å². The first-order valence-corrected chi connectivity index (χ1v) is 6.57. The van der Waals surface area contributed by atoms with E-state index in [9.17, 15) is 0 Å². The van der Waals surface area contributed by atoms with Crippen LogP contribution in [0, 0.1) is 11.8 Å². The lowest BCUT2D eigenvalue weighted by Gasteiger charge is -2.24. The van der Waals surface area contributed by atoms with Gasteiger partial charge in [0.25, 0.3) is 0 Å². The molecule has 0 aromatic carbocycles. The first-order valence-electron chi connectivity index (χ1n) is 6.57. The van der Waals surface area contributed by atoms with Crippen molar-refractivity contribution in [2.45, 2.75) is 52.4 Å². The zero-order valence-electron chi connectivity index (χ0n) is 10.4. The van der Waals surface area contributed by atoms with Crippen molar-refractivity contribution in [2.75, 3.05) is 13.2 Å². The zero-order valence-corrected chi connectivity index (χ0v) is 10.4. The average molecular weight is 210 g/mol. The molecule has 1 heteroatoms. The highest BCUT2D eigenvalue weighted by molar-refractivity contribution is 4.93. The van der Waals surface area contributed by atoms with Crippen molar-refractivity contribution in [3.05, 3.63) is 12.2 Å². The summed E-state index contributed by atoms with van der Waals surface area (Å²) in [5, 5.41) is 0. The van der Waals surface area contributed by atoms with E-state index in [1.165, 1.54) is 38.5 Å². The van der Waals surface area contributed by atoms with Gasteiger partial charge in [-0.05, 0) is 31.1 Å². The number of unbranched alkanes of at least 4 members (excludes halogenated alkanes) is 3. The van der Waals surface area contributed by atoms with Crippen molar-refractivity contribution < 1.29 is 4.74 Å². The number of ether oxygens (including phenoxy) is 1. The molecule has 0 bridgehead atoms. The smallest absolute Gasteiger partial charge is 0.0499 e. The van der Waals surface area contributed by atoms with E-state index in [4.69, 9.17) is 4.74 Å². The maximum atomic E-state index is 5.76. The Hall–Kier alpha value is -0.300. The van der Waals surface area contributed by atoms with E-state index in [0.717, 1.165) is 25.0 Å². The Morgan fingerprint density at radius 2 is 1.93 bits per heavy atom. The fourth-order valence-electron chi connectivity index (χ4n) is 2.10. The largest absolute Gasteiger partial charge is 0.381 e. The monoisotopic (exact) mass is 210 g/mol. The van der Waals surface area contributed by atoms with Crippen LogP contribution in [0.4, 0.5) is 0 Å². The number of hydrogen-bond acceptors (Lipinski definition) is 1. The van der Waals surface area contributed by atoms with E-state index in [1.807, 2.05) is 0 Å². The highest BCUT2D eigenvalue weighted by Crippen LogP contribution is 2.24. The van der Waals surface area contributed by atoms with Gasteiger partial charge >= 0.3 is 0 Å². The second-order valence-electron chi connectivity index (χ2n) is 4.82. The van der Waals surface area contributed by atoms with E-state index >= 15 is 0 Å². The standard InChI is InChI=1S/C14H26O/c1-3-4-5-8-11-15-12-14-10-7-6-9-13(14)2/h6-7,13-14H,3-5,8-12H2,1-2H3. The molecule has 15 heavy (non-hydrogen) atoms. The number of rotatable bonds is 7. The third kappa shape index (κ3) is 5.36. The van der Waals surface area contributed by atoms with Gasteiger partial charge < -0.3 is 4.74 Å². The van der Waals surface area contributed by atoms with E-state index < -0.39 is 0 Å². The summed E-state index contributed by atoms with van der Waals surface area (Å²) in [5.41, 5.74) is 0. The molecule has 1 nitrogen and oxygen atoms in total. The quantitative estimate of drug-likeness (QED) is 0.452. The van der Waals surface area contributed by atoms with Gasteiger partial charge in [-0.25, -0.2) is 0 Å². The Kier molecular flexibility index (Phi) is 6.74. The van der Waals surface area contributed by atoms with Crippen molar-refractivity contribution in [3.8, 4) is 0 Å². The van der Waals surface area contributed by atoms with Gasteiger partial charge in [0.1, 0.15) is 0 Å². The van der Waals surface area contributed by atoms with Crippen molar-refractivity contribution in [2.24, 2.45) is 11.8 Å². The molecule has 1 rings (SSSR count). The third-order valence-electron chi connectivity index (χ3n) is 3.39. The maximum Gasteiger partial charge on any atom is 0.0499 e. The minimum atomic E-state index is 0.765. The molecule has 0 N–H and O–H groups in total. The Labute approximate surface area is 94.9 Å². The first kappa shape index (κ1) is 12.8. The summed E-state index contributed by atoms with van der Waals surface area (Å²) in [6.07, 6.45) is 12.3. The summed E-state index contributed by atoms with van der Waals surface area (Å²) < 4.78 is 5.76. The normalized spacial score (nSPS) is 25.7. The summed E-state index contributed by atoms with van der Waals surface area (Å²) >= 11 is 0. The molecule has 0 radical (unpaired) electrons. The molecule has 1 aliphatic carbocycles. The molecular weight excluding hydrogens is 184 g/mol. The summed E-state index contributed by atoms with van der Waals surface area (Å²) in [6.45, 7) is 6.52. The minimum Gasteiger partial charge on any atom is -0.381 e. The third-order valence-corrected chi connectivity index (χ3v) is 3.39. The SMILES string of the molecule is CCCCCCOCC1CC=CCC1C. The van der Waals surface area contributed by atoms with Crippen molar-refractivity contribution in [3.63, 3.8) is 0 Å². The Balaban J connectivity index is 1.97. The maximum absolute atomic E-state index is 5.76. The van der Waals surface area contributed by atoms with Crippen LogP contribution in [0.3, 0.4) is 0 Å². The molecule has 0 spiro atoms. The molecule has 0 fully saturated rings. The molecule has 0 aromatic rings. The molecule has 0 aromatic heterocycles. The lowest BCUT2D eigenvalue weighted by Crippen LogP contribution is -2.19. The van der Waals surface area contributed by atoms with Gasteiger partial charge in [-0.3, -0.25) is 0 Å². The van der Waals surface area contributed by atoms with Gasteiger partial charge in [0.05, 0.1) is 0 Å². The molecule has 0 aliphatic heterocycles. The van der Waals surface area contributed by atoms with Crippen LogP contribution in [0.5, 0.6) is 0 Å². The van der Waals surface area contributed by atoms with E-state index in [0.29, 0.717) is 0 Å². The molecule has 2 unspecified atom stereocenters. The summed E-state index contributed by atoms with van der Waals surface area (Å²) in [5.74, 6) is 1.58. The summed E-state index contributed by atoms with van der Waals surface area (Å²) in [6, 6.07) is 0. The van der Waals surface area contributed by atoms with Crippen LogP contribution in [0.1, 0.15) is 52.4 Å². The first-order chi connectivity index (χ1) is 7.34. The molecule has 1 aliphatic rings. The van der Waals surface area contributed by atoms with Gasteiger partial charge in [0, 0.05) is 13.2 Å². The van der Waals surface area contributed by atoms with E-state index in [-0.39, 0.29) is 0 Å². The molecule has 2 atom stereocenters. The zero-order chi connectivity index (χ0) is 10.9. The second-order valence-corrected chi connectivity index (χ2v) is 4.82. The Morgan fingerprint density at radius 1 is 1.13 bits per heavy atom. The second kappa shape index (κ2) is 7.92. The van der Waals surface area contributed by atoms with E-state index in [2.05, 4.69) is 26.0 Å². The molecule has 0 saturated heterocycles.